The molecule has 0 heterocycles. The lowest BCUT2D eigenvalue weighted by Crippen LogP contribution is -2.28. The van der Waals surface area contributed by atoms with E-state index in [4.69, 9.17) is 4.74 Å². The van der Waals surface area contributed by atoms with Gasteiger partial charge in [0.15, 0.2) is 23.3 Å². The molecule has 5 heteroatoms. The van der Waals surface area contributed by atoms with Gasteiger partial charge in [-0.2, -0.15) is 0 Å². The van der Waals surface area contributed by atoms with Crippen LogP contribution < -0.4 is 0 Å². The third kappa shape index (κ3) is 14.5. The number of benzene rings is 2. The second kappa shape index (κ2) is 23.7. The molecule has 51 heavy (non-hydrogen) atoms. The van der Waals surface area contributed by atoms with Crippen molar-refractivity contribution in [1.29, 1.82) is 0 Å². The summed E-state index contributed by atoms with van der Waals surface area (Å²) in [6, 6.07) is 8.35. The number of hydrogen-bond acceptors (Lipinski definition) is 1. The Morgan fingerprint density at radius 2 is 0.784 bits per heavy atom. The maximum absolute atomic E-state index is 14.7. The minimum atomic E-state index is -0.865. The SMILES string of the molecule is CCCCCCCCCC[C@H]1CC[C@H](C(OC(c2ccc(F)c(F)c2)[C@H]2CC[C@H](CCCCCCCCCC)CC2)c2ccc(F)c(F)c2)CC1. The molecule has 2 aliphatic rings. The van der Waals surface area contributed by atoms with Crippen LogP contribution in [0, 0.1) is 46.9 Å². The maximum Gasteiger partial charge on any atom is 0.159 e. The molecule has 2 atom stereocenters. The van der Waals surface area contributed by atoms with Gasteiger partial charge in [-0.1, -0.05) is 167 Å². The normalized spacial score (nSPS) is 22.2. The van der Waals surface area contributed by atoms with Gasteiger partial charge < -0.3 is 4.74 Å². The number of ether oxygens (including phenoxy) is 1. The van der Waals surface area contributed by atoms with Gasteiger partial charge in [-0.3, -0.25) is 0 Å². The van der Waals surface area contributed by atoms with E-state index in [1.807, 2.05) is 0 Å². The van der Waals surface area contributed by atoms with Crippen molar-refractivity contribution in [2.45, 2.75) is 193 Å². The average molecular weight is 715 g/mol. The van der Waals surface area contributed by atoms with E-state index in [9.17, 15) is 17.6 Å². The molecule has 0 aromatic heterocycles. The number of hydrogen-bond donors (Lipinski definition) is 0. The zero-order chi connectivity index (χ0) is 36.3. The summed E-state index contributed by atoms with van der Waals surface area (Å²) < 4.78 is 64.8. The fourth-order valence-electron chi connectivity index (χ4n) is 9.15. The molecular weight excluding hydrogens is 644 g/mol. The van der Waals surface area contributed by atoms with E-state index >= 15 is 0 Å². The monoisotopic (exact) mass is 715 g/mol. The van der Waals surface area contributed by atoms with Gasteiger partial charge >= 0.3 is 0 Å². The molecule has 2 saturated carbocycles. The smallest absolute Gasteiger partial charge is 0.159 e. The van der Waals surface area contributed by atoms with Crippen LogP contribution in [0.3, 0.4) is 0 Å². The minimum Gasteiger partial charge on any atom is -0.365 e. The Hall–Kier alpha value is -1.88. The lowest BCUT2D eigenvalue weighted by molar-refractivity contribution is -0.0910. The van der Waals surface area contributed by atoms with E-state index in [-0.39, 0.29) is 11.8 Å². The molecule has 2 unspecified atom stereocenters. The van der Waals surface area contributed by atoms with E-state index in [1.54, 1.807) is 12.1 Å². The topological polar surface area (TPSA) is 9.23 Å². The molecular formula is C46H70F4O. The van der Waals surface area contributed by atoms with Gasteiger partial charge in [-0.05, 0) is 84.7 Å². The predicted molar refractivity (Wildman–Crippen MR) is 205 cm³/mol. The Morgan fingerprint density at radius 3 is 1.12 bits per heavy atom. The van der Waals surface area contributed by atoms with E-state index in [0.717, 1.165) is 51.4 Å². The van der Waals surface area contributed by atoms with Crippen molar-refractivity contribution in [3.8, 4) is 0 Å². The molecule has 2 aromatic rings. The summed E-state index contributed by atoms with van der Waals surface area (Å²) in [7, 11) is 0. The van der Waals surface area contributed by atoms with Crippen molar-refractivity contribution in [3.63, 3.8) is 0 Å². The number of rotatable bonds is 24. The zero-order valence-corrected chi connectivity index (χ0v) is 32.2. The molecule has 0 N–H and O–H groups in total. The van der Waals surface area contributed by atoms with Crippen LogP contribution in [-0.4, -0.2) is 0 Å². The van der Waals surface area contributed by atoms with Gasteiger partial charge in [0.2, 0.25) is 0 Å². The van der Waals surface area contributed by atoms with Gasteiger partial charge in [0.25, 0.3) is 0 Å². The number of unbranched alkanes of at least 4 members (excludes halogenated alkanes) is 14. The molecule has 0 radical (unpaired) electrons. The van der Waals surface area contributed by atoms with Crippen molar-refractivity contribution in [2.24, 2.45) is 23.7 Å². The molecule has 1 nitrogen and oxygen atoms in total. The van der Waals surface area contributed by atoms with Crippen LogP contribution in [0.5, 0.6) is 0 Å². The van der Waals surface area contributed by atoms with Crippen LogP contribution in [0.4, 0.5) is 17.6 Å². The van der Waals surface area contributed by atoms with Gasteiger partial charge in [-0.25, -0.2) is 17.6 Å². The fourth-order valence-corrected chi connectivity index (χ4v) is 9.15. The fraction of sp³-hybridized carbons (Fsp3) is 0.739. The third-order valence-corrected chi connectivity index (χ3v) is 12.4. The molecule has 0 bridgehead atoms. The van der Waals surface area contributed by atoms with Gasteiger partial charge in [-0.15, -0.1) is 0 Å². The second-order valence-electron chi connectivity index (χ2n) is 16.4. The molecule has 2 aromatic carbocycles. The van der Waals surface area contributed by atoms with Crippen molar-refractivity contribution in [2.75, 3.05) is 0 Å². The Balaban J connectivity index is 1.38. The van der Waals surface area contributed by atoms with E-state index in [1.165, 1.54) is 140 Å². The highest BCUT2D eigenvalue weighted by Crippen LogP contribution is 2.47. The molecule has 2 aliphatic carbocycles. The third-order valence-electron chi connectivity index (χ3n) is 12.4. The minimum absolute atomic E-state index is 0.163. The van der Waals surface area contributed by atoms with E-state index in [0.29, 0.717) is 23.0 Å². The number of halogens is 4. The summed E-state index contributed by atoms with van der Waals surface area (Å²) >= 11 is 0. The van der Waals surface area contributed by atoms with E-state index < -0.39 is 35.5 Å². The van der Waals surface area contributed by atoms with Crippen LogP contribution >= 0.6 is 0 Å². The molecule has 4 rings (SSSR count). The Morgan fingerprint density at radius 1 is 0.451 bits per heavy atom. The van der Waals surface area contributed by atoms with Crippen LogP contribution in [0.2, 0.25) is 0 Å². The van der Waals surface area contributed by atoms with Crippen molar-refractivity contribution >= 4 is 0 Å². The van der Waals surface area contributed by atoms with Gasteiger partial charge in [0, 0.05) is 0 Å². The van der Waals surface area contributed by atoms with Crippen LogP contribution in [0.1, 0.15) is 204 Å². The lowest BCUT2D eigenvalue weighted by atomic mass is 9.74. The summed E-state index contributed by atoms with van der Waals surface area (Å²) in [6.45, 7) is 4.52. The van der Waals surface area contributed by atoms with E-state index in [2.05, 4.69) is 13.8 Å². The predicted octanol–water partition coefficient (Wildman–Crippen LogP) is 15.7. The average Bonchev–Trinajstić information content (AvgIpc) is 3.14. The molecule has 0 aliphatic heterocycles. The maximum atomic E-state index is 14.7. The Kier molecular flexibility index (Phi) is 19.5. The summed E-state index contributed by atoms with van der Waals surface area (Å²) in [5.41, 5.74) is 1.30. The second-order valence-corrected chi connectivity index (χ2v) is 16.4. The Labute approximate surface area is 309 Å². The van der Waals surface area contributed by atoms with Crippen molar-refractivity contribution in [1.82, 2.24) is 0 Å². The van der Waals surface area contributed by atoms with Crippen molar-refractivity contribution < 1.29 is 22.3 Å². The van der Waals surface area contributed by atoms with Gasteiger partial charge in [0.1, 0.15) is 0 Å². The summed E-state index contributed by atoms with van der Waals surface area (Å²) in [5, 5.41) is 0. The Bertz CT molecular complexity index is 1120. The summed E-state index contributed by atoms with van der Waals surface area (Å²) in [6.07, 6.45) is 31.3. The first-order chi connectivity index (χ1) is 24.9. The highest BCUT2D eigenvalue weighted by Gasteiger charge is 2.36. The highest BCUT2D eigenvalue weighted by molar-refractivity contribution is 5.24. The van der Waals surface area contributed by atoms with Gasteiger partial charge in [0.05, 0.1) is 12.2 Å². The molecule has 0 spiro atoms. The molecule has 2 fully saturated rings. The first-order valence-corrected chi connectivity index (χ1v) is 21.4. The van der Waals surface area contributed by atoms with Crippen molar-refractivity contribution in [3.05, 3.63) is 70.8 Å². The summed E-state index contributed by atoms with van der Waals surface area (Å²) in [5.74, 6) is -1.73. The first kappa shape index (κ1) is 41.9. The molecule has 288 valence electrons. The van der Waals surface area contributed by atoms with Crippen LogP contribution in [0.15, 0.2) is 36.4 Å². The first-order valence-electron chi connectivity index (χ1n) is 21.4. The highest BCUT2D eigenvalue weighted by atomic mass is 19.2. The lowest BCUT2D eigenvalue weighted by Gasteiger charge is -2.40. The quantitative estimate of drug-likeness (QED) is 0.0777. The summed E-state index contributed by atoms with van der Waals surface area (Å²) in [4.78, 5) is 0. The van der Waals surface area contributed by atoms with Crippen LogP contribution in [-0.2, 0) is 4.74 Å². The van der Waals surface area contributed by atoms with Crippen LogP contribution in [0.25, 0.3) is 0 Å². The molecule has 0 amide bonds. The largest absolute Gasteiger partial charge is 0.365 e. The standard InChI is InChI=1S/C46H70F4O/c1-3-5-7-9-11-13-15-17-19-35-21-25-37(26-22-35)45(39-29-31-41(47)43(49)33-39)51-46(40-30-32-42(48)44(50)34-40)38-27-23-36(24-28-38)20-18-16-14-12-10-8-6-4-2/h29-38,45-46H,3-28H2,1-2H3/t35-,36-,37-,38-,45?,46?. The molecule has 0 saturated heterocycles. The zero-order valence-electron chi connectivity index (χ0n) is 32.2.